The predicted octanol–water partition coefficient (Wildman–Crippen LogP) is 3.01. The highest BCUT2D eigenvalue weighted by atomic mass is 19.4. The quantitative estimate of drug-likeness (QED) is 0.767. The maximum Gasteiger partial charge on any atom is 0.432 e. The first-order valence-corrected chi connectivity index (χ1v) is 6.64. The highest BCUT2D eigenvalue weighted by molar-refractivity contribution is 6.24. The van der Waals surface area contributed by atoms with Crippen molar-refractivity contribution in [2.45, 2.75) is 18.6 Å². The smallest absolute Gasteiger partial charge is 0.296 e. The van der Waals surface area contributed by atoms with Crippen LogP contribution in [-0.4, -0.2) is 23.3 Å². The average molecular weight is 348 g/mol. The summed E-state index contributed by atoms with van der Waals surface area (Å²) in [5.74, 6) is -0.184. The van der Waals surface area contributed by atoms with Crippen molar-refractivity contribution in [2.75, 3.05) is 0 Å². The van der Waals surface area contributed by atoms with Gasteiger partial charge < -0.3 is 0 Å². The van der Waals surface area contributed by atoms with Crippen LogP contribution in [0.15, 0.2) is 47.1 Å². The Labute approximate surface area is 131 Å². The summed E-state index contributed by atoms with van der Waals surface area (Å²) in [6.45, 7) is 0. The van der Waals surface area contributed by atoms with Gasteiger partial charge in [-0.3, -0.25) is 10.7 Å². The number of fused-ring (bicyclic) bond motifs is 1. The number of amidine groups is 1. The Morgan fingerprint density at radius 1 is 1.04 bits per heavy atom. The molecule has 3 rings (SSSR count). The third kappa shape index (κ3) is 2.89. The van der Waals surface area contributed by atoms with Crippen molar-refractivity contribution in [3.8, 4) is 0 Å². The SMILES string of the molecule is NC1N=C2C(c3cccc(C(F)(F)F)c3)=CC=C(C(F)(F)F)N2N1. The molecule has 0 bridgehead atoms. The molecule has 4 nitrogen and oxygen atoms in total. The molecule has 3 N–H and O–H groups in total. The number of nitrogens with two attached hydrogens (primary N) is 1. The molecule has 0 spiro atoms. The molecule has 0 amide bonds. The van der Waals surface area contributed by atoms with E-state index in [1.807, 2.05) is 0 Å². The third-order valence-corrected chi connectivity index (χ3v) is 3.42. The van der Waals surface area contributed by atoms with Gasteiger partial charge in [-0.25, -0.2) is 4.99 Å². The first kappa shape index (κ1) is 16.5. The van der Waals surface area contributed by atoms with Crippen LogP contribution < -0.4 is 11.2 Å². The van der Waals surface area contributed by atoms with E-state index in [2.05, 4.69) is 10.4 Å². The summed E-state index contributed by atoms with van der Waals surface area (Å²) in [6, 6.07) is 4.26. The molecule has 1 aromatic carbocycles. The molecule has 2 heterocycles. The van der Waals surface area contributed by atoms with E-state index in [-0.39, 0.29) is 17.0 Å². The van der Waals surface area contributed by atoms with Crippen LogP contribution in [0.2, 0.25) is 0 Å². The summed E-state index contributed by atoms with van der Waals surface area (Å²) in [5.41, 5.74) is 6.04. The molecule has 0 saturated carbocycles. The molecule has 24 heavy (non-hydrogen) atoms. The first-order chi connectivity index (χ1) is 11.1. The number of allylic oxidation sites excluding steroid dienone is 3. The van der Waals surface area contributed by atoms with E-state index in [1.54, 1.807) is 0 Å². The van der Waals surface area contributed by atoms with Crippen LogP contribution in [0, 0.1) is 0 Å². The molecule has 128 valence electrons. The zero-order chi connectivity index (χ0) is 17.7. The summed E-state index contributed by atoms with van der Waals surface area (Å²) in [6.07, 6.45) is -8.52. The number of benzene rings is 1. The highest BCUT2D eigenvalue weighted by Gasteiger charge is 2.44. The molecular formula is C14H10F6N4. The molecule has 0 aliphatic carbocycles. The Balaban J connectivity index is 2.09. The molecule has 1 aromatic rings. The minimum Gasteiger partial charge on any atom is -0.296 e. The molecule has 2 aliphatic rings. The maximum atomic E-state index is 13.0. The van der Waals surface area contributed by atoms with Crippen LogP contribution in [0.5, 0.6) is 0 Å². The van der Waals surface area contributed by atoms with Crippen LogP contribution in [0.3, 0.4) is 0 Å². The van der Waals surface area contributed by atoms with Gasteiger partial charge >= 0.3 is 12.4 Å². The molecular weight excluding hydrogens is 338 g/mol. The summed E-state index contributed by atoms with van der Waals surface area (Å²) in [4.78, 5) is 3.84. The average Bonchev–Trinajstić information content (AvgIpc) is 2.85. The Morgan fingerprint density at radius 2 is 1.75 bits per heavy atom. The van der Waals surface area contributed by atoms with E-state index in [1.165, 1.54) is 12.1 Å². The molecule has 0 fully saturated rings. The van der Waals surface area contributed by atoms with E-state index in [0.29, 0.717) is 5.01 Å². The van der Waals surface area contributed by atoms with Crippen LogP contribution >= 0.6 is 0 Å². The van der Waals surface area contributed by atoms with E-state index in [9.17, 15) is 26.3 Å². The second-order valence-electron chi connectivity index (χ2n) is 5.07. The number of halogens is 6. The fourth-order valence-electron chi connectivity index (χ4n) is 2.41. The van der Waals surface area contributed by atoms with E-state index >= 15 is 0 Å². The lowest BCUT2D eigenvalue weighted by molar-refractivity contribution is -0.137. The molecule has 0 aromatic heterocycles. The van der Waals surface area contributed by atoms with Crippen LogP contribution in [0.25, 0.3) is 5.57 Å². The summed E-state index contributed by atoms with van der Waals surface area (Å²) in [7, 11) is 0. The van der Waals surface area contributed by atoms with Crippen LogP contribution in [0.4, 0.5) is 26.3 Å². The molecule has 2 aliphatic heterocycles. The number of rotatable bonds is 1. The van der Waals surface area contributed by atoms with Crippen molar-refractivity contribution < 1.29 is 26.3 Å². The van der Waals surface area contributed by atoms with Crippen LogP contribution in [0.1, 0.15) is 11.1 Å². The van der Waals surface area contributed by atoms with Gasteiger partial charge in [0.2, 0.25) is 0 Å². The second kappa shape index (κ2) is 5.35. The van der Waals surface area contributed by atoms with Gasteiger partial charge in [-0.2, -0.15) is 31.8 Å². The number of nitrogens with zero attached hydrogens (tertiary/aromatic N) is 2. The van der Waals surface area contributed by atoms with Crippen LogP contribution in [-0.2, 0) is 6.18 Å². The van der Waals surface area contributed by atoms with E-state index < -0.39 is 29.9 Å². The molecule has 1 unspecified atom stereocenters. The van der Waals surface area contributed by atoms with E-state index in [0.717, 1.165) is 24.3 Å². The number of alkyl halides is 6. The van der Waals surface area contributed by atoms with Gasteiger partial charge in [-0.1, -0.05) is 12.1 Å². The second-order valence-corrected chi connectivity index (χ2v) is 5.07. The summed E-state index contributed by atoms with van der Waals surface area (Å²) >= 11 is 0. The number of hydrogen-bond donors (Lipinski definition) is 2. The van der Waals surface area contributed by atoms with Crippen molar-refractivity contribution in [2.24, 2.45) is 10.7 Å². The predicted molar refractivity (Wildman–Crippen MR) is 73.9 cm³/mol. The van der Waals surface area contributed by atoms with Gasteiger partial charge in [0.25, 0.3) is 0 Å². The van der Waals surface area contributed by atoms with E-state index in [4.69, 9.17) is 5.73 Å². The fourth-order valence-corrected chi connectivity index (χ4v) is 2.41. The van der Waals surface area contributed by atoms with Gasteiger partial charge in [-0.05, 0) is 29.8 Å². The van der Waals surface area contributed by atoms with Gasteiger partial charge in [0.1, 0.15) is 5.70 Å². The number of aliphatic imine (C=N–C) groups is 1. The van der Waals surface area contributed by atoms with Gasteiger partial charge in [0, 0.05) is 5.57 Å². The lowest BCUT2D eigenvalue weighted by atomic mass is 9.99. The van der Waals surface area contributed by atoms with Gasteiger partial charge in [0.05, 0.1) is 5.56 Å². The summed E-state index contributed by atoms with van der Waals surface area (Å²) < 4.78 is 77.6. The van der Waals surface area contributed by atoms with Crippen molar-refractivity contribution in [1.29, 1.82) is 0 Å². The minimum atomic E-state index is -4.67. The highest BCUT2D eigenvalue weighted by Crippen LogP contribution is 2.37. The fraction of sp³-hybridized carbons (Fsp3) is 0.214. The molecule has 0 saturated heterocycles. The third-order valence-electron chi connectivity index (χ3n) is 3.42. The monoisotopic (exact) mass is 348 g/mol. The molecule has 0 radical (unpaired) electrons. The molecule has 1 atom stereocenters. The Hall–Kier alpha value is -2.33. The zero-order valence-corrected chi connectivity index (χ0v) is 11.8. The topological polar surface area (TPSA) is 53.6 Å². The minimum absolute atomic E-state index is 0.0851. The number of hydrogen-bond acceptors (Lipinski definition) is 4. The maximum absolute atomic E-state index is 13.0. The Bertz CT molecular complexity index is 759. The van der Waals surface area contributed by atoms with Gasteiger partial charge in [-0.15, -0.1) is 0 Å². The standard InChI is InChI=1S/C14H10F6N4/c15-13(16,17)8-3-1-2-7(6-8)9-4-5-10(14(18,19)20)24-11(9)22-12(21)23-24/h1-6,12,23H,21H2. The largest absolute Gasteiger partial charge is 0.432 e. The molecule has 10 heteroatoms. The zero-order valence-electron chi connectivity index (χ0n) is 11.8. The van der Waals surface area contributed by atoms with Gasteiger partial charge in [0.15, 0.2) is 12.1 Å². The number of nitrogens with one attached hydrogen (secondary N) is 1. The first-order valence-electron chi connectivity index (χ1n) is 6.64. The normalized spacial score (nSPS) is 21.2. The van der Waals surface area contributed by atoms with Crippen molar-refractivity contribution in [3.63, 3.8) is 0 Å². The Morgan fingerprint density at radius 3 is 2.38 bits per heavy atom. The van der Waals surface area contributed by atoms with Crippen molar-refractivity contribution in [3.05, 3.63) is 53.2 Å². The van der Waals surface area contributed by atoms with Crippen molar-refractivity contribution in [1.82, 2.24) is 10.4 Å². The summed E-state index contributed by atoms with van der Waals surface area (Å²) in [5, 5.41) is 0.639. The Kier molecular flexibility index (Phi) is 3.68. The van der Waals surface area contributed by atoms with Crippen molar-refractivity contribution >= 4 is 11.4 Å². The number of hydrazine groups is 1. The lowest BCUT2D eigenvalue weighted by Gasteiger charge is -2.29. The lowest BCUT2D eigenvalue weighted by Crippen LogP contribution is -2.47.